The van der Waals surface area contributed by atoms with Gasteiger partial charge >= 0.3 is 6.03 Å². The normalized spacial score (nSPS) is 24.9. The lowest BCUT2D eigenvalue weighted by molar-refractivity contribution is -0.133. The minimum atomic E-state index is -3.31. The first-order chi connectivity index (χ1) is 20.2. The Balaban J connectivity index is 0.00000221. The molecule has 8 nitrogen and oxygen atoms in total. The number of nitrogens with one attached hydrogen (secondary N) is 2. The monoisotopic (exact) mass is 664 g/mol. The molecule has 2 aromatic carbocycles. The van der Waals surface area contributed by atoms with Gasteiger partial charge in [-0.25, -0.2) is 13.2 Å². The number of hydrogen-bond acceptors (Lipinski definition) is 6. The Kier molecular flexibility index (Phi) is 11.4. The molecule has 0 radical (unpaired) electrons. The molecule has 4 fully saturated rings. The number of imide groups is 1. The van der Waals surface area contributed by atoms with Gasteiger partial charge in [-0.05, 0) is 54.4 Å². The van der Waals surface area contributed by atoms with E-state index in [2.05, 4.69) is 45.9 Å². The number of carbonyl (C=O) groups is 2. The zero-order chi connectivity index (χ0) is 29.3. The Bertz CT molecular complexity index is 1380. The van der Waals surface area contributed by atoms with E-state index in [-0.39, 0.29) is 48.2 Å². The van der Waals surface area contributed by atoms with Gasteiger partial charge in [0.15, 0.2) is 9.84 Å². The van der Waals surface area contributed by atoms with Crippen LogP contribution in [-0.4, -0.2) is 74.2 Å². The molecule has 2 aromatic rings. The summed E-state index contributed by atoms with van der Waals surface area (Å²) >= 11 is 0. The van der Waals surface area contributed by atoms with E-state index in [1.807, 2.05) is 0 Å². The van der Waals surface area contributed by atoms with Gasteiger partial charge in [-0.3, -0.25) is 14.6 Å². The van der Waals surface area contributed by atoms with E-state index in [1.54, 1.807) is 12.1 Å². The second-order valence-electron chi connectivity index (χ2n) is 13.0. The second-order valence-corrected chi connectivity index (χ2v) is 15.0. The van der Waals surface area contributed by atoms with Crippen molar-refractivity contribution in [2.45, 2.75) is 80.3 Å². The highest BCUT2D eigenvalue weighted by atomic mass is 35.5. The van der Waals surface area contributed by atoms with Crippen molar-refractivity contribution in [3.8, 4) is 0 Å². The van der Waals surface area contributed by atoms with Crippen LogP contribution in [0.4, 0.5) is 4.79 Å². The third-order valence-corrected chi connectivity index (χ3v) is 11.5. The Morgan fingerprint density at radius 2 is 1.57 bits per heavy atom. The number of rotatable bonds is 8. The number of sulfone groups is 1. The third-order valence-electron chi connectivity index (χ3n) is 10.3. The van der Waals surface area contributed by atoms with Crippen LogP contribution in [0.1, 0.15) is 68.4 Å². The predicted molar refractivity (Wildman–Crippen MR) is 177 cm³/mol. The van der Waals surface area contributed by atoms with Crippen molar-refractivity contribution in [1.82, 2.24) is 20.4 Å². The smallest absolute Gasteiger partial charge is 0.323 e. The molecule has 1 spiro atoms. The van der Waals surface area contributed by atoms with Crippen molar-refractivity contribution in [3.63, 3.8) is 0 Å². The molecule has 0 aromatic heterocycles. The summed E-state index contributed by atoms with van der Waals surface area (Å²) in [5.41, 5.74) is 1.28. The molecular weight excluding hydrogens is 619 g/mol. The van der Waals surface area contributed by atoms with Gasteiger partial charge in [0.25, 0.3) is 5.91 Å². The summed E-state index contributed by atoms with van der Waals surface area (Å²) in [5.74, 6) is 1.60. The summed E-state index contributed by atoms with van der Waals surface area (Å²) in [7, 11) is -3.31. The van der Waals surface area contributed by atoms with Crippen LogP contribution >= 0.6 is 24.8 Å². The maximum absolute atomic E-state index is 13.7. The lowest BCUT2D eigenvalue weighted by Crippen LogP contribution is -2.58. The minimum absolute atomic E-state index is 0. The number of halogens is 2. The summed E-state index contributed by atoms with van der Waals surface area (Å²) in [6.07, 6.45) is 10.2. The van der Waals surface area contributed by atoms with Crippen molar-refractivity contribution < 1.29 is 18.0 Å². The van der Waals surface area contributed by atoms with Crippen molar-refractivity contribution in [2.24, 2.45) is 11.8 Å². The van der Waals surface area contributed by atoms with E-state index >= 15 is 0 Å². The van der Waals surface area contributed by atoms with Gasteiger partial charge in [0.05, 0.1) is 11.4 Å². The SMILES string of the molecule is CS(=O)(=O)c1ccc(CN2C(=O)NC3(CCN(C(CC4CCCCC4)[C@@H]4CNC[C@@H]4c4ccccc4)CC3)C2=O)cc1.Cl.Cl. The summed E-state index contributed by atoms with van der Waals surface area (Å²) in [6.45, 7) is 3.73. The Labute approximate surface area is 274 Å². The molecule has 2 N–H and O–H groups in total. The van der Waals surface area contributed by atoms with Gasteiger partial charge in [-0.1, -0.05) is 74.6 Å². The highest BCUT2D eigenvalue weighted by Crippen LogP contribution is 2.40. The number of amides is 3. The van der Waals surface area contributed by atoms with Gasteiger partial charge in [0.2, 0.25) is 0 Å². The molecule has 6 rings (SSSR count). The van der Waals surface area contributed by atoms with Crippen LogP contribution in [0.25, 0.3) is 0 Å². The lowest BCUT2D eigenvalue weighted by atomic mass is 9.75. The van der Waals surface area contributed by atoms with Gasteiger partial charge in [-0.15, -0.1) is 24.8 Å². The highest BCUT2D eigenvalue weighted by Gasteiger charge is 2.53. The number of urea groups is 1. The number of hydrogen-bond donors (Lipinski definition) is 2. The molecule has 242 valence electrons. The molecule has 11 heteroatoms. The predicted octanol–water partition coefficient (Wildman–Crippen LogP) is 5.16. The molecule has 1 saturated carbocycles. The summed E-state index contributed by atoms with van der Waals surface area (Å²) < 4.78 is 23.6. The van der Waals surface area contributed by atoms with Gasteiger partial charge in [0.1, 0.15) is 5.54 Å². The zero-order valence-corrected chi connectivity index (χ0v) is 27.9. The van der Waals surface area contributed by atoms with E-state index in [4.69, 9.17) is 0 Å². The number of nitrogens with zero attached hydrogens (tertiary/aromatic N) is 2. The average molecular weight is 666 g/mol. The summed E-state index contributed by atoms with van der Waals surface area (Å²) in [4.78, 5) is 30.9. The molecule has 3 amide bonds. The quantitative estimate of drug-likeness (QED) is 0.378. The fourth-order valence-corrected chi connectivity index (χ4v) is 8.58. The first kappa shape index (κ1) is 34.7. The summed E-state index contributed by atoms with van der Waals surface area (Å²) in [6, 6.07) is 17.4. The Hall–Kier alpha value is -2.17. The van der Waals surface area contributed by atoms with E-state index in [1.165, 1.54) is 67.4 Å². The molecule has 1 unspecified atom stereocenters. The zero-order valence-electron chi connectivity index (χ0n) is 25.5. The van der Waals surface area contributed by atoms with Crippen LogP contribution in [0.5, 0.6) is 0 Å². The topological polar surface area (TPSA) is 98.8 Å². The van der Waals surface area contributed by atoms with Crippen LogP contribution in [-0.2, 0) is 21.2 Å². The molecule has 44 heavy (non-hydrogen) atoms. The van der Waals surface area contributed by atoms with Crippen molar-refractivity contribution in [1.29, 1.82) is 0 Å². The fraction of sp³-hybridized carbons (Fsp3) is 0.576. The number of carbonyl (C=O) groups excluding carboxylic acids is 2. The van der Waals surface area contributed by atoms with Crippen LogP contribution in [0.2, 0.25) is 0 Å². The summed E-state index contributed by atoms with van der Waals surface area (Å²) in [5, 5.41) is 6.77. The molecule has 3 atom stereocenters. The first-order valence-electron chi connectivity index (χ1n) is 15.7. The highest BCUT2D eigenvalue weighted by molar-refractivity contribution is 7.90. The Morgan fingerprint density at radius 1 is 0.909 bits per heavy atom. The molecule has 4 aliphatic rings. The maximum atomic E-state index is 13.7. The first-order valence-corrected chi connectivity index (χ1v) is 17.6. The molecule has 3 heterocycles. The number of benzene rings is 2. The fourth-order valence-electron chi connectivity index (χ4n) is 7.95. The van der Waals surface area contributed by atoms with Crippen LogP contribution in [0, 0.1) is 11.8 Å². The van der Waals surface area contributed by atoms with E-state index in [0.29, 0.717) is 30.7 Å². The third kappa shape index (κ3) is 7.28. The average Bonchev–Trinajstić information content (AvgIpc) is 3.57. The minimum Gasteiger partial charge on any atom is -0.323 e. The van der Waals surface area contributed by atoms with Crippen molar-refractivity contribution in [2.75, 3.05) is 32.4 Å². The van der Waals surface area contributed by atoms with Crippen LogP contribution in [0.15, 0.2) is 59.5 Å². The number of piperidine rings is 1. The van der Waals surface area contributed by atoms with Crippen LogP contribution in [0.3, 0.4) is 0 Å². The number of likely N-dealkylation sites (tertiary alicyclic amines) is 1. The maximum Gasteiger partial charge on any atom is 0.325 e. The Morgan fingerprint density at radius 3 is 2.20 bits per heavy atom. The van der Waals surface area contributed by atoms with E-state index in [9.17, 15) is 18.0 Å². The van der Waals surface area contributed by atoms with E-state index in [0.717, 1.165) is 37.7 Å². The van der Waals surface area contributed by atoms with Gasteiger partial charge in [-0.2, -0.15) is 0 Å². The van der Waals surface area contributed by atoms with Crippen molar-refractivity contribution >= 4 is 46.6 Å². The second kappa shape index (κ2) is 14.5. The molecule has 3 aliphatic heterocycles. The van der Waals surface area contributed by atoms with Crippen molar-refractivity contribution in [3.05, 3.63) is 65.7 Å². The van der Waals surface area contributed by atoms with Gasteiger partial charge in [0, 0.05) is 44.4 Å². The van der Waals surface area contributed by atoms with E-state index < -0.39 is 15.4 Å². The standard InChI is InChI=1S/C33H44N4O4S.2ClH/c1-42(40,41)27-14-12-25(13-15-27)23-37-31(38)33(35-32(37)39)16-18-36(19-17-33)30(20-24-8-4-2-5-9-24)29-22-34-21-28(29)26-10-6-3-7-11-26;;/h3,6-7,10-15,24,28-30,34H,2,4-5,8-9,16-23H2,1H3,(H,35,39);2*1H/t28-,29-,30?;;/m1../s1. The molecule has 3 saturated heterocycles. The molecule has 1 aliphatic carbocycles. The lowest BCUT2D eigenvalue weighted by Gasteiger charge is -2.45. The van der Waals surface area contributed by atoms with Crippen LogP contribution < -0.4 is 10.6 Å². The molecule has 0 bridgehead atoms. The van der Waals surface area contributed by atoms with Gasteiger partial charge < -0.3 is 10.6 Å². The molecular formula is C33H46Cl2N4O4S. The largest absolute Gasteiger partial charge is 0.325 e.